The molecule has 2 aromatic carbocycles. The predicted molar refractivity (Wildman–Crippen MR) is 127 cm³/mol. The third-order valence-corrected chi connectivity index (χ3v) is 6.15. The minimum Gasteiger partial charge on any atom is -0.300 e. The van der Waals surface area contributed by atoms with Crippen LogP contribution in [0.1, 0.15) is 41.1 Å². The first-order valence-electron chi connectivity index (χ1n) is 10.2. The summed E-state index contributed by atoms with van der Waals surface area (Å²) in [6, 6.07) is 16.5. The molecule has 0 saturated heterocycles. The normalized spacial score (nSPS) is 12.0. The van der Waals surface area contributed by atoms with Crippen LogP contribution >= 0.6 is 23.4 Å². The summed E-state index contributed by atoms with van der Waals surface area (Å²) in [5.74, 6) is 0.0367. The highest BCUT2D eigenvalue weighted by atomic mass is 35.5. The zero-order valence-corrected chi connectivity index (χ0v) is 19.9. The molecule has 7 nitrogen and oxygen atoms in total. The molecular weight excluding hydrogens is 446 g/mol. The number of imide groups is 1. The van der Waals surface area contributed by atoms with Gasteiger partial charge in [-0.1, -0.05) is 60.6 Å². The fourth-order valence-corrected chi connectivity index (χ4v) is 4.18. The third kappa shape index (κ3) is 6.18. The monoisotopic (exact) mass is 471 g/mol. The maximum absolute atomic E-state index is 12.4. The lowest BCUT2D eigenvalue weighted by molar-refractivity contribution is -0.117. The van der Waals surface area contributed by atoms with Crippen LogP contribution in [-0.2, 0) is 11.3 Å². The van der Waals surface area contributed by atoms with E-state index in [4.69, 9.17) is 11.6 Å². The van der Waals surface area contributed by atoms with Crippen LogP contribution in [-0.4, -0.2) is 51.3 Å². The molecule has 0 unspecified atom stereocenters. The van der Waals surface area contributed by atoms with Crippen molar-refractivity contribution in [3.8, 4) is 0 Å². The van der Waals surface area contributed by atoms with E-state index in [0.717, 1.165) is 17.8 Å². The van der Waals surface area contributed by atoms with Crippen LogP contribution in [0.3, 0.4) is 0 Å². The maximum atomic E-state index is 12.4. The van der Waals surface area contributed by atoms with Crippen LogP contribution in [0.15, 0.2) is 59.8 Å². The average molecular weight is 472 g/mol. The first-order chi connectivity index (χ1) is 15.4. The van der Waals surface area contributed by atoms with Crippen molar-refractivity contribution < 1.29 is 9.59 Å². The van der Waals surface area contributed by atoms with Crippen molar-refractivity contribution >= 4 is 35.2 Å². The number of benzene rings is 2. The van der Waals surface area contributed by atoms with Gasteiger partial charge in [0, 0.05) is 10.6 Å². The molecule has 1 heterocycles. The number of carbonyl (C=O) groups excluding carboxylic acids is 2. The van der Waals surface area contributed by atoms with Crippen molar-refractivity contribution in [2.75, 3.05) is 19.8 Å². The van der Waals surface area contributed by atoms with Gasteiger partial charge in [-0.15, -0.1) is 10.2 Å². The molecule has 0 fully saturated rings. The van der Waals surface area contributed by atoms with Crippen LogP contribution < -0.4 is 5.32 Å². The van der Waals surface area contributed by atoms with E-state index in [-0.39, 0.29) is 11.8 Å². The van der Waals surface area contributed by atoms with Crippen LogP contribution in [0.2, 0.25) is 5.02 Å². The fraction of sp³-hybridized carbons (Fsp3) is 0.304. The van der Waals surface area contributed by atoms with Crippen molar-refractivity contribution in [2.45, 2.75) is 31.1 Å². The molecule has 168 valence electrons. The second kappa shape index (κ2) is 11.3. The van der Waals surface area contributed by atoms with Gasteiger partial charge < -0.3 is 4.57 Å². The summed E-state index contributed by atoms with van der Waals surface area (Å²) in [6.45, 7) is 2.70. The molecule has 1 N–H and O–H groups in total. The van der Waals surface area contributed by atoms with Crippen molar-refractivity contribution in [2.24, 2.45) is 0 Å². The lowest BCUT2D eigenvalue weighted by Crippen LogP contribution is -2.31. The highest BCUT2D eigenvalue weighted by Gasteiger charge is 2.23. The quantitative estimate of drug-likeness (QED) is 0.474. The van der Waals surface area contributed by atoms with Gasteiger partial charge in [0.15, 0.2) is 11.0 Å². The lowest BCUT2D eigenvalue weighted by atomic mass is 10.2. The first kappa shape index (κ1) is 24.0. The maximum Gasteiger partial charge on any atom is 0.257 e. The predicted octanol–water partition coefficient (Wildman–Crippen LogP) is 4.04. The summed E-state index contributed by atoms with van der Waals surface area (Å²) in [7, 11) is 4.02. The molecule has 2 amide bonds. The van der Waals surface area contributed by atoms with Gasteiger partial charge in [0.2, 0.25) is 5.91 Å². The second-order valence-electron chi connectivity index (χ2n) is 7.47. The van der Waals surface area contributed by atoms with E-state index in [0.29, 0.717) is 22.3 Å². The van der Waals surface area contributed by atoms with Crippen molar-refractivity contribution in [3.05, 3.63) is 76.6 Å². The summed E-state index contributed by atoms with van der Waals surface area (Å²) in [6.07, 6.45) is 0.876. The van der Waals surface area contributed by atoms with E-state index < -0.39 is 11.8 Å². The van der Waals surface area contributed by atoms with Gasteiger partial charge in [-0.2, -0.15) is 0 Å². The van der Waals surface area contributed by atoms with Crippen molar-refractivity contribution in [1.29, 1.82) is 0 Å². The number of aromatic nitrogens is 3. The third-order valence-electron chi connectivity index (χ3n) is 4.93. The Labute approximate surface area is 197 Å². The summed E-state index contributed by atoms with van der Waals surface area (Å²) in [5, 5.41) is 12.4. The summed E-state index contributed by atoms with van der Waals surface area (Å²) in [4.78, 5) is 26.8. The number of nitrogens with zero attached hydrogens (tertiary/aromatic N) is 4. The molecule has 1 aromatic heterocycles. The Morgan fingerprint density at radius 1 is 1.09 bits per heavy atom. The zero-order chi connectivity index (χ0) is 23.1. The fourth-order valence-electron chi connectivity index (χ4n) is 3.31. The molecule has 0 aliphatic heterocycles. The Kier molecular flexibility index (Phi) is 8.44. The van der Waals surface area contributed by atoms with Crippen LogP contribution in [0.4, 0.5) is 0 Å². The molecule has 32 heavy (non-hydrogen) atoms. The Bertz CT molecular complexity index is 1050. The van der Waals surface area contributed by atoms with Crippen LogP contribution in [0.5, 0.6) is 0 Å². The highest BCUT2D eigenvalue weighted by molar-refractivity contribution is 7.99. The summed E-state index contributed by atoms with van der Waals surface area (Å²) < 4.78 is 2.04. The summed E-state index contributed by atoms with van der Waals surface area (Å²) >= 11 is 7.11. The molecule has 3 aromatic rings. The number of carbonyl (C=O) groups is 2. The summed E-state index contributed by atoms with van der Waals surface area (Å²) in [5.41, 5.74) is 1.49. The molecule has 0 saturated carbocycles. The number of halogens is 1. The molecule has 1 atom stereocenters. The number of thioether (sulfide) groups is 1. The lowest BCUT2D eigenvalue weighted by Gasteiger charge is -2.23. The van der Waals surface area contributed by atoms with Crippen molar-refractivity contribution in [1.82, 2.24) is 25.0 Å². The van der Waals surface area contributed by atoms with Gasteiger partial charge in [0.05, 0.1) is 18.3 Å². The van der Waals surface area contributed by atoms with E-state index >= 15 is 0 Å². The number of hydrogen-bond acceptors (Lipinski definition) is 6. The van der Waals surface area contributed by atoms with Gasteiger partial charge in [0.25, 0.3) is 5.91 Å². The SMILES string of the molecule is CC[C@@H](c1nnc(SCC(=O)NC(=O)c2ccc(Cl)cc2)n1Cc1ccccc1)N(C)C. The zero-order valence-electron chi connectivity index (χ0n) is 18.3. The average Bonchev–Trinajstić information content (AvgIpc) is 3.15. The molecule has 0 spiro atoms. The smallest absolute Gasteiger partial charge is 0.257 e. The Morgan fingerprint density at radius 3 is 2.41 bits per heavy atom. The molecule has 0 aliphatic rings. The number of hydrogen-bond donors (Lipinski definition) is 1. The van der Waals surface area contributed by atoms with E-state index in [9.17, 15) is 9.59 Å². The number of nitrogens with one attached hydrogen (secondary N) is 1. The second-order valence-corrected chi connectivity index (χ2v) is 8.85. The van der Waals surface area contributed by atoms with Crippen LogP contribution in [0.25, 0.3) is 0 Å². The standard InChI is InChI=1S/C23H26ClN5O2S/c1-4-19(28(2)3)21-26-27-23(29(21)14-16-8-6-5-7-9-16)32-15-20(30)25-22(31)17-10-12-18(24)13-11-17/h5-13,19H,4,14-15H2,1-3H3,(H,25,30,31)/t19-/m0/s1. The van der Waals surface area contributed by atoms with Gasteiger partial charge in [-0.05, 0) is 50.3 Å². The Morgan fingerprint density at radius 2 is 1.78 bits per heavy atom. The van der Waals surface area contributed by atoms with E-state index in [2.05, 4.69) is 27.3 Å². The van der Waals surface area contributed by atoms with E-state index in [1.165, 1.54) is 11.8 Å². The molecule has 0 bridgehead atoms. The molecule has 9 heteroatoms. The van der Waals surface area contributed by atoms with Gasteiger partial charge in [-0.3, -0.25) is 19.8 Å². The number of rotatable bonds is 9. The first-order valence-corrected chi connectivity index (χ1v) is 11.6. The minimum absolute atomic E-state index is 0.0466. The topological polar surface area (TPSA) is 80.1 Å². The largest absolute Gasteiger partial charge is 0.300 e. The van der Waals surface area contributed by atoms with E-state index in [1.807, 2.05) is 49.0 Å². The van der Waals surface area contributed by atoms with Gasteiger partial charge in [-0.25, -0.2) is 0 Å². The minimum atomic E-state index is -0.461. The molecule has 0 aliphatic carbocycles. The Balaban J connectivity index is 1.73. The van der Waals surface area contributed by atoms with E-state index in [1.54, 1.807) is 24.3 Å². The van der Waals surface area contributed by atoms with Crippen LogP contribution in [0, 0.1) is 0 Å². The molecule has 3 rings (SSSR count). The van der Waals surface area contributed by atoms with Gasteiger partial charge in [0.1, 0.15) is 0 Å². The Hall–Kier alpha value is -2.68. The molecular formula is C23H26ClN5O2S. The molecule has 0 radical (unpaired) electrons. The number of amides is 2. The highest BCUT2D eigenvalue weighted by Crippen LogP contribution is 2.26. The van der Waals surface area contributed by atoms with Crippen molar-refractivity contribution in [3.63, 3.8) is 0 Å². The van der Waals surface area contributed by atoms with Gasteiger partial charge >= 0.3 is 0 Å².